The molecule has 1 rings (SSSR count). The second kappa shape index (κ2) is 3.82. The van der Waals surface area contributed by atoms with Crippen molar-refractivity contribution in [3.63, 3.8) is 0 Å². The van der Waals surface area contributed by atoms with E-state index in [4.69, 9.17) is 0 Å². The minimum atomic E-state index is -0.513. The molecule has 0 aliphatic rings. The van der Waals surface area contributed by atoms with Crippen LogP contribution in [0.2, 0.25) is 0 Å². The normalized spacial score (nSPS) is 13.1. The van der Waals surface area contributed by atoms with E-state index in [9.17, 15) is 5.11 Å². The van der Waals surface area contributed by atoms with Gasteiger partial charge in [-0.3, -0.25) is 4.98 Å². The number of aromatic nitrogens is 1. The molecular weight excluding hydrogens is 321 g/mol. The summed E-state index contributed by atoms with van der Waals surface area (Å²) in [7, 11) is 0. The van der Waals surface area contributed by atoms with Crippen molar-refractivity contribution in [3.05, 3.63) is 26.0 Å². The van der Waals surface area contributed by atoms with Crippen molar-refractivity contribution in [1.29, 1.82) is 0 Å². The number of rotatable bonds is 1. The van der Waals surface area contributed by atoms with Crippen LogP contribution in [-0.4, -0.2) is 10.1 Å². The lowest BCUT2D eigenvalue weighted by molar-refractivity contribution is 0.193. The van der Waals surface area contributed by atoms with Crippen molar-refractivity contribution in [1.82, 2.24) is 4.98 Å². The van der Waals surface area contributed by atoms with Gasteiger partial charge in [-0.1, -0.05) is 0 Å². The second-order valence-electron chi connectivity index (χ2n) is 2.20. The third kappa shape index (κ3) is 2.38. The van der Waals surface area contributed by atoms with Crippen LogP contribution in [0.4, 0.5) is 0 Å². The Morgan fingerprint density at radius 3 is 2.82 bits per heavy atom. The molecule has 1 aromatic heterocycles. The van der Waals surface area contributed by atoms with Gasteiger partial charge in [-0.05, 0) is 51.5 Å². The molecular formula is C7H7BrINO. The zero-order valence-electron chi connectivity index (χ0n) is 5.88. The predicted molar refractivity (Wildman–Crippen MR) is 55.3 cm³/mol. The van der Waals surface area contributed by atoms with E-state index in [0.29, 0.717) is 5.69 Å². The zero-order valence-corrected chi connectivity index (χ0v) is 9.63. The summed E-state index contributed by atoms with van der Waals surface area (Å²) >= 11 is 5.49. The van der Waals surface area contributed by atoms with Gasteiger partial charge in [0.2, 0.25) is 0 Å². The summed E-state index contributed by atoms with van der Waals surface area (Å²) in [6.45, 7) is 1.69. The van der Waals surface area contributed by atoms with Gasteiger partial charge in [0.25, 0.3) is 0 Å². The molecule has 0 aliphatic heterocycles. The average molecular weight is 328 g/mol. The first kappa shape index (κ1) is 9.41. The molecule has 0 bridgehead atoms. The van der Waals surface area contributed by atoms with Crippen molar-refractivity contribution in [2.45, 2.75) is 13.0 Å². The largest absolute Gasteiger partial charge is 0.387 e. The summed E-state index contributed by atoms with van der Waals surface area (Å²) in [5, 5.41) is 9.20. The smallest absolute Gasteiger partial charge is 0.0943 e. The topological polar surface area (TPSA) is 33.1 Å². The number of aliphatic hydroxyl groups excluding tert-OH is 1. The van der Waals surface area contributed by atoms with Gasteiger partial charge in [0.1, 0.15) is 0 Å². The Labute approximate surface area is 87.3 Å². The highest BCUT2D eigenvalue weighted by atomic mass is 127. The van der Waals surface area contributed by atoms with Crippen molar-refractivity contribution in [3.8, 4) is 0 Å². The maximum Gasteiger partial charge on any atom is 0.0943 e. The molecule has 1 N–H and O–H groups in total. The number of aliphatic hydroxyl groups is 1. The van der Waals surface area contributed by atoms with Crippen LogP contribution in [0.3, 0.4) is 0 Å². The molecule has 60 valence electrons. The van der Waals surface area contributed by atoms with E-state index < -0.39 is 6.10 Å². The highest BCUT2D eigenvalue weighted by Crippen LogP contribution is 2.22. The van der Waals surface area contributed by atoms with E-state index in [1.807, 2.05) is 6.07 Å². The van der Waals surface area contributed by atoms with Crippen LogP contribution in [0.15, 0.2) is 16.7 Å². The monoisotopic (exact) mass is 327 g/mol. The summed E-state index contributed by atoms with van der Waals surface area (Å²) in [6.07, 6.45) is 1.22. The molecule has 1 aromatic rings. The summed E-state index contributed by atoms with van der Waals surface area (Å²) in [4.78, 5) is 4.07. The Morgan fingerprint density at radius 1 is 1.73 bits per heavy atom. The molecule has 0 aromatic carbocycles. The molecule has 0 saturated heterocycles. The van der Waals surface area contributed by atoms with Crippen LogP contribution in [0.5, 0.6) is 0 Å². The molecule has 0 fully saturated rings. The number of pyridine rings is 1. The summed E-state index contributed by atoms with van der Waals surface area (Å²) in [5.74, 6) is 0. The Morgan fingerprint density at radius 2 is 2.36 bits per heavy atom. The van der Waals surface area contributed by atoms with E-state index >= 15 is 0 Å². The third-order valence-corrected chi connectivity index (χ3v) is 2.46. The van der Waals surface area contributed by atoms with Gasteiger partial charge in [-0.2, -0.15) is 0 Å². The van der Waals surface area contributed by atoms with Gasteiger partial charge < -0.3 is 5.11 Å². The standard InChI is InChI=1S/C7H7BrINO/c1-4(11)7-6(8)2-5(9)3-10-7/h2-4,11H,1H3. The number of nitrogens with zero attached hydrogens (tertiary/aromatic N) is 1. The van der Waals surface area contributed by atoms with Gasteiger partial charge in [0.15, 0.2) is 0 Å². The molecule has 0 aliphatic carbocycles. The maximum absolute atomic E-state index is 9.20. The van der Waals surface area contributed by atoms with Crippen LogP contribution in [0.1, 0.15) is 18.7 Å². The van der Waals surface area contributed by atoms with Gasteiger partial charge >= 0.3 is 0 Å². The van der Waals surface area contributed by atoms with Crippen LogP contribution in [0, 0.1) is 3.57 Å². The zero-order chi connectivity index (χ0) is 8.43. The van der Waals surface area contributed by atoms with E-state index in [2.05, 4.69) is 43.5 Å². The summed E-state index contributed by atoms with van der Waals surface area (Å²) in [6, 6.07) is 1.93. The quantitative estimate of drug-likeness (QED) is 0.804. The molecule has 11 heavy (non-hydrogen) atoms. The first-order valence-corrected chi connectivity index (χ1v) is 4.97. The first-order valence-electron chi connectivity index (χ1n) is 3.10. The highest BCUT2D eigenvalue weighted by Gasteiger charge is 2.06. The van der Waals surface area contributed by atoms with E-state index in [1.165, 1.54) is 0 Å². The highest BCUT2D eigenvalue weighted by molar-refractivity contribution is 14.1. The van der Waals surface area contributed by atoms with Gasteiger partial charge in [0, 0.05) is 14.2 Å². The lowest BCUT2D eigenvalue weighted by atomic mass is 10.2. The first-order chi connectivity index (χ1) is 5.11. The van der Waals surface area contributed by atoms with Gasteiger partial charge in [-0.25, -0.2) is 0 Å². The molecule has 2 nitrogen and oxygen atoms in total. The molecule has 4 heteroatoms. The maximum atomic E-state index is 9.20. The molecule has 0 amide bonds. The van der Waals surface area contributed by atoms with Crippen molar-refractivity contribution < 1.29 is 5.11 Å². The van der Waals surface area contributed by atoms with E-state index in [-0.39, 0.29) is 0 Å². The van der Waals surface area contributed by atoms with Crippen LogP contribution >= 0.6 is 38.5 Å². The van der Waals surface area contributed by atoms with Crippen molar-refractivity contribution >= 4 is 38.5 Å². The van der Waals surface area contributed by atoms with Crippen LogP contribution in [-0.2, 0) is 0 Å². The van der Waals surface area contributed by atoms with E-state index in [1.54, 1.807) is 13.1 Å². The lowest BCUT2D eigenvalue weighted by Gasteiger charge is -2.05. The molecule has 0 saturated carbocycles. The molecule has 1 heterocycles. The Hall–Kier alpha value is 0.320. The minimum absolute atomic E-state index is 0.513. The minimum Gasteiger partial charge on any atom is -0.387 e. The second-order valence-corrected chi connectivity index (χ2v) is 4.30. The number of hydrogen-bond acceptors (Lipinski definition) is 2. The van der Waals surface area contributed by atoms with Crippen LogP contribution in [0.25, 0.3) is 0 Å². The van der Waals surface area contributed by atoms with Gasteiger partial charge in [-0.15, -0.1) is 0 Å². The number of hydrogen-bond donors (Lipinski definition) is 1. The Kier molecular flexibility index (Phi) is 3.27. The Bertz CT molecular complexity index is 265. The van der Waals surface area contributed by atoms with Crippen LogP contribution < -0.4 is 0 Å². The van der Waals surface area contributed by atoms with Crippen molar-refractivity contribution in [2.75, 3.05) is 0 Å². The lowest BCUT2D eigenvalue weighted by Crippen LogP contribution is -1.96. The fraction of sp³-hybridized carbons (Fsp3) is 0.286. The fourth-order valence-electron chi connectivity index (χ4n) is 0.733. The SMILES string of the molecule is CC(O)c1ncc(I)cc1Br. The predicted octanol–water partition coefficient (Wildman–Crippen LogP) is 2.50. The summed E-state index contributed by atoms with van der Waals surface area (Å²) < 4.78 is 1.92. The van der Waals surface area contributed by atoms with Crippen molar-refractivity contribution in [2.24, 2.45) is 0 Å². The molecule has 0 radical (unpaired) electrons. The summed E-state index contributed by atoms with van der Waals surface area (Å²) in [5.41, 5.74) is 0.686. The average Bonchev–Trinajstić information content (AvgIpc) is 1.85. The third-order valence-electron chi connectivity index (χ3n) is 1.23. The molecule has 0 spiro atoms. The Balaban J connectivity index is 3.09. The molecule has 1 atom stereocenters. The molecule has 1 unspecified atom stereocenters. The van der Waals surface area contributed by atoms with Gasteiger partial charge in [0.05, 0.1) is 11.8 Å². The fourth-order valence-corrected chi connectivity index (χ4v) is 2.29. The van der Waals surface area contributed by atoms with E-state index in [0.717, 1.165) is 8.04 Å². The number of halogens is 2.